The highest BCUT2D eigenvalue weighted by molar-refractivity contribution is 7.99. The van der Waals surface area contributed by atoms with E-state index in [9.17, 15) is 4.79 Å². The molecule has 4 rings (SSSR count). The van der Waals surface area contributed by atoms with Crippen molar-refractivity contribution in [3.05, 3.63) is 70.5 Å². The number of benzene rings is 2. The number of carbonyl (C=O) groups excluding carboxylic acids is 1. The van der Waals surface area contributed by atoms with E-state index in [1.165, 1.54) is 17.3 Å². The molecule has 1 amide bonds. The fraction of sp³-hybridized carbons (Fsp3) is 0.318. The zero-order valence-electron chi connectivity index (χ0n) is 17.1. The molecule has 0 bridgehead atoms. The predicted octanol–water partition coefficient (Wildman–Crippen LogP) is 4.58. The van der Waals surface area contributed by atoms with E-state index in [1.54, 1.807) is 21.8 Å². The van der Waals surface area contributed by atoms with Crippen molar-refractivity contribution in [3.63, 3.8) is 0 Å². The Balaban J connectivity index is 1.56. The van der Waals surface area contributed by atoms with E-state index in [2.05, 4.69) is 55.2 Å². The third-order valence-electron chi connectivity index (χ3n) is 4.85. The molecule has 0 N–H and O–H groups in total. The van der Waals surface area contributed by atoms with Crippen molar-refractivity contribution in [3.8, 4) is 5.75 Å². The monoisotopic (exact) mass is 442 g/mol. The summed E-state index contributed by atoms with van der Waals surface area (Å²) in [5.74, 6) is 1.56. The molecule has 2 heterocycles. The summed E-state index contributed by atoms with van der Waals surface area (Å²) in [6.45, 7) is 7.18. The SMILES string of the molecule is CC(C)(C)c1ccc(CN2C(=O)CSc3nnc(COc4cccc(Cl)c4)n32)cc1. The van der Waals surface area contributed by atoms with Crippen LogP contribution in [0.4, 0.5) is 0 Å². The normalized spacial score (nSPS) is 14.0. The van der Waals surface area contributed by atoms with Gasteiger partial charge in [0.25, 0.3) is 5.91 Å². The molecule has 1 aliphatic rings. The molecule has 0 atom stereocenters. The Morgan fingerprint density at radius 3 is 2.60 bits per heavy atom. The van der Waals surface area contributed by atoms with Gasteiger partial charge >= 0.3 is 0 Å². The smallest absolute Gasteiger partial charge is 0.252 e. The van der Waals surface area contributed by atoms with E-state index in [1.807, 2.05) is 12.1 Å². The Morgan fingerprint density at radius 1 is 1.13 bits per heavy atom. The molecule has 2 aromatic carbocycles. The molecule has 3 aromatic rings. The Kier molecular flexibility index (Phi) is 5.75. The maximum Gasteiger partial charge on any atom is 0.252 e. The number of ether oxygens (including phenoxy) is 1. The first kappa shape index (κ1) is 20.8. The Labute approximate surface area is 185 Å². The second-order valence-corrected chi connectivity index (χ2v) is 9.52. The molecule has 0 saturated carbocycles. The number of hydrogen-bond acceptors (Lipinski definition) is 5. The zero-order valence-corrected chi connectivity index (χ0v) is 18.7. The molecule has 30 heavy (non-hydrogen) atoms. The number of nitrogens with zero attached hydrogens (tertiary/aromatic N) is 4. The highest BCUT2D eigenvalue weighted by Gasteiger charge is 2.29. The van der Waals surface area contributed by atoms with Gasteiger partial charge in [0.05, 0.1) is 12.3 Å². The van der Waals surface area contributed by atoms with Gasteiger partial charge < -0.3 is 4.74 Å². The maximum atomic E-state index is 12.7. The summed E-state index contributed by atoms with van der Waals surface area (Å²) in [4.78, 5) is 12.7. The summed E-state index contributed by atoms with van der Waals surface area (Å²) < 4.78 is 7.59. The van der Waals surface area contributed by atoms with E-state index in [4.69, 9.17) is 16.3 Å². The van der Waals surface area contributed by atoms with Gasteiger partial charge in [0, 0.05) is 5.02 Å². The Bertz CT molecular complexity index is 1060. The number of thioether (sulfide) groups is 1. The van der Waals surface area contributed by atoms with Gasteiger partial charge in [0.1, 0.15) is 12.4 Å². The van der Waals surface area contributed by atoms with Crippen LogP contribution < -0.4 is 9.75 Å². The second kappa shape index (κ2) is 8.32. The van der Waals surface area contributed by atoms with Crippen LogP contribution in [-0.4, -0.2) is 26.5 Å². The molecule has 1 aromatic heterocycles. The molecule has 0 aliphatic carbocycles. The highest BCUT2D eigenvalue weighted by atomic mass is 35.5. The number of amides is 1. The Hall–Kier alpha value is -2.51. The largest absolute Gasteiger partial charge is 0.485 e. The summed E-state index contributed by atoms with van der Waals surface area (Å²) in [5, 5.41) is 11.5. The van der Waals surface area contributed by atoms with Gasteiger partial charge in [0.2, 0.25) is 5.16 Å². The van der Waals surface area contributed by atoms with Crippen molar-refractivity contribution >= 4 is 29.3 Å². The minimum atomic E-state index is 0.0104. The van der Waals surface area contributed by atoms with E-state index in [-0.39, 0.29) is 17.9 Å². The first-order chi connectivity index (χ1) is 14.3. The number of carbonyl (C=O) groups is 1. The van der Waals surface area contributed by atoms with Crippen molar-refractivity contribution in [2.24, 2.45) is 0 Å². The van der Waals surface area contributed by atoms with Crippen LogP contribution in [0.25, 0.3) is 0 Å². The van der Waals surface area contributed by atoms with Crippen LogP contribution in [0.15, 0.2) is 53.7 Å². The van der Waals surface area contributed by atoms with E-state index < -0.39 is 0 Å². The molecular formula is C22H23ClN4O2S. The fourth-order valence-corrected chi connectivity index (χ4v) is 4.18. The summed E-state index contributed by atoms with van der Waals surface area (Å²) in [6, 6.07) is 15.6. The van der Waals surface area contributed by atoms with Crippen molar-refractivity contribution in [2.45, 2.75) is 44.5 Å². The molecule has 6 nitrogen and oxygen atoms in total. The standard InChI is InChI=1S/C22H23ClN4O2S/c1-22(2,3)16-9-7-15(8-10-16)12-26-20(28)14-30-21-25-24-19(27(21)26)13-29-18-6-4-5-17(23)11-18/h4-11H,12-14H2,1-3H3. The van der Waals surface area contributed by atoms with Gasteiger partial charge in [-0.2, -0.15) is 0 Å². The zero-order chi connectivity index (χ0) is 21.3. The summed E-state index contributed by atoms with van der Waals surface area (Å²) in [5.41, 5.74) is 2.39. The van der Waals surface area contributed by atoms with Crippen molar-refractivity contribution in [1.82, 2.24) is 14.9 Å². The highest BCUT2D eigenvalue weighted by Crippen LogP contribution is 2.27. The number of halogens is 1. The lowest BCUT2D eigenvalue weighted by atomic mass is 9.87. The van der Waals surface area contributed by atoms with Crippen LogP contribution in [0.2, 0.25) is 5.02 Å². The topological polar surface area (TPSA) is 60.3 Å². The van der Waals surface area contributed by atoms with Crippen molar-refractivity contribution in [2.75, 3.05) is 10.8 Å². The van der Waals surface area contributed by atoms with Gasteiger partial charge in [-0.25, -0.2) is 9.69 Å². The average molecular weight is 443 g/mol. The number of fused-ring (bicyclic) bond motifs is 1. The molecule has 0 fully saturated rings. The van der Waals surface area contributed by atoms with E-state index >= 15 is 0 Å². The lowest BCUT2D eigenvalue weighted by Crippen LogP contribution is -2.45. The lowest BCUT2D eigenvalue weighted by Gasteiger charge is -2.29. The Morgan fingerprint density at radius 2 is 1.90 bits per heavy atom. The average Bonchev–Trinajstić information content (AvgIpc) is 3.12. The molecule has 8 heteroatoms. The van der Waals surface area contributed by atoms with Crippen molar-refractivity contribution in [1.29, 1.82) is 0 Å². The van der Waals surface area contributed by atoms with Crippen LogP contribution in [-0.2, 0) is 23.4 Å². The van der Waals surface area contributed by atoms with E-state index in [0.717, 1.165) is 5.56 Å². The molecule has 0 spiro atoms. The van der Waals surface area contributed by atoms with Crippen LogP contribution in [0.5, 0.6) is 5.75 Å². The third-order valence-corrected chi connectivity index (χ3v) is 5.99. The third kappa shape index (κ3) is 4.47. The van der Waals surface area contributed by atoms with Gasteiger partial charge in [-0.3, -0.25) is 4.79 Å². The maximum absolute atomic E-state index is 12.7. The van der Waals surface area contributed by atoms with Crippen LogP contribution in [0.1, 0.15) is 37.7 Å². The van der Waals surface area contributed by atoms with E-state index in [0.29, 0.717) is 34.1 Å². The number of rotatable bonds is 5. The minimum Gasteiger partial charge on any atom is -0.485 e. The van der Waals surface area contributed by atoms with Crippen LogP contribution in [0.3, 0.4) is 0 Å². The molecular weight excluding hydrogens is 420 g/mol. The minimum absolute atomic E-state index is 0.0104. The van der Waals surface area contributed by atoms with Gasteiger partial charge in [-0.05, 0) is 34.7 Å². The van der Waals surface area contributed by atoms with Crippen LogP contribution in [0, 0.1) is 0 Å². The molecule has 0 unspecified atom stereocenters. The van der Waals surface area contributed by atoms with Gasteiger partial charge in [0.15, 0.2) is 5.82 Å². The lowest BCUT2D eigenvalue weighted by molar-refractivity contribution is -0.118. The molecule has 156 valence electrons. The first-order valence-electron chi connectivity index (χ1n) is 9.67. The van der Waals surface area contributed by atoms with Gasteiger partial charge in [-0.15, -0.1) is 10.2 Å². The predicted molar refractivity (Wildman–Crippen MR) is 119 cm³/mol. The van der Waals surface area contributed by atoms with Crippen LogP contribution >= 0.6 is 23.4 Å². The summed E-state index contributed by atoms with van der Waals surface area (Å²) in [7, 11) is 0. The number of aromatic nitrogens is 3. The summed E-state index contributed by atoms with van der Waals surface area (Å²) in [6.07, 6.45) is 0. The second-order valence-electron chi connectivity index (χ2n) is 8.14. The van der Waals surface area contributed by atoms with Gasteiger partial charge in [-0.1, -0.05) is 74.5 Å². The summed E-state index contributed by atoms with van der Waals surface area (Å²) >= 11 is 7.41. The quantitative estimate of drug-likeness (QED) is 0.578. The molecule has 0 saturated heterocycles. The molecule has 1 aliphatic heterocycles. The molecule has 0 radical (unpaired) electrons. The first-order valence-corrected chi connectivity index (χ1v) is 11.0. The van der Waals surface area contributed by atoms with Crippen molar-refractivity contribution < 1.29 is 9.53 Å². The fourth-order valence-electron chi connectivity index (χ4n) is 3.18. The number of hydrogen-bond donors (Lipinski definition) is 0.